The molecule has 0 amide bonds. The minimum Gasteiger partial charge on any atom is -0.339 e. The Balaban J connectivity index is 1.90. The molecule has 1 aromatic carbocycles. The number of rotatable bonds is 8. The summed E-state index contributed by atoms with van der Waals surface area (Å²) in [4.78, 5) is 9.03. The van der Waals surface area contributed by atoms with E-state index in [2.05, 4.69) is 54.8 Å². The van der Waals surface area contributed by atoms with E-state index in [4.69, 9.17) is 4.99 Å². The van der Waals surface area contributed by atoms with E-state index in [0.29, 0.717) is 12.6 Å². The molecule has 0 bridgehead atoms. The molecule has 1 aliphatic carbocycles. The first-order valence-corrected chi connectivity index (χ1v) is 11.5. The number of thioether (sulfide) groups is 1. The molecule has 2 fully saturated rings. The molecule has 1 heterocycles. The fraction of sp³-hybridized carbons (Fsp3) is 0.542. The van der Waals surface area contributed by atoms with E-state index in [1.807, 2.05) is 17.8 Å². The zero-order valence-electron chi connectivity index (χ0n) is 16.8. The van der Waals surface area contributed by atoms with Crippen molar-refractivity contribution in [2.24, 2.45) is 10.9 Å². The van der Waals surface area contributed by atoms with Crippen molar-refractivity contribution in [2.45, 2.75) is 70.9 Å². The average Bonchev–Trinajstić information content (AvgIpc) is 3.05. The van der Waals surface area contributed by atoms with Crippen molar-refractivity contribution in [3.8, 4) is 0 Å². The number of benzene rings is 1. The highest BCUT2D eigenvalue weighted by Crippen LogP contribution is 2.44. The van der Waals surface area contributed by atoms with Gasteiger partial charge in [0.1, 0.15) is 0 Å². The number of aliphatic imine (C=N–C) groups is 1. The third kappa shape index (κ3) is 5.51. The van der Waals surface area contributed by atoms with Crippen LogP contribution >= 0.6 is 11.8 Å². The zero-order chi connectivity index (χ0) is 18.9. The van der Waals surface area contributed by atoms with Gasteiger partial charge in [0.15, 0.2) is 5.17 Å². The van der Waals surface area contributed by atoms with Gasteiger partial charge in [-0.05, 0) is 30.7 Å². The average molecular weight is 383 g/mol. The first-order chi connectivity index (χ1) is 13.3. The van der Waals surface area contributed by atoms with E-state index in [0.717, 1.165) is 12.5 Å². The van der Waals surface area contributed by atoms with Gasteiger partial charge < -0.3 is 4.90 Å². The highest BCUT2D eigenvalue weighted by atomic mass is 32.2. The van der Waals surface area contributed by atoms with Crippen LogP contribution in [0.4, 0.5) is 0 Å². The molecule has 0 aromatic heterocycles. The van der Waals surface area contributed by atoms with Gasteiger partial charge >= 0.3 is 0 Å². The summed E-state index contributed by atoms with van der Waals surface area (Å²) in [5, 5.41) is 1.19. The van der Waals surface area contributed by atoms with Gasteiger partial charge in [0.05, 0.1) is 12.6 Å². The lowest BCUT2D eigenvalue weighted by molar-refractivity contribution is 0.218. The van der Waals surface area contributed by atoms with Crippen molar-refractivity contribution in [3.63, 3.8) is 0 Å². The van der Waals surface area contributed by atoms with Gasteiger partial charge in [0.2, 0.25) is 0 Å². The first kappa shape index (κ1) is 20.3. The molecule has 1 aliphatic heterocycles. The summed E-state index contributed by atoms with van der Waals surface area (Å²) in [5.74, 6) is 0.763. The molecule has 3 heteroatoms. The van der Waals surface area contributed by atoms with Crippen LogP contribution in [0.25, 0.3) is 0 Å². The van der Waals surface area contributed by atoms with Gasteiger partial charge in [-0.15, -0.1) is 6.58 Å². The first-order valence-electron chi connectivity index (χ1n) is 10.7. The molecule has 27 heavy (non-hydrogen) atoms. The normalized spacial score (nSPS) is 24.0. The van der Waals surface area contributed by atoms with E-state index in [-0.39, 0.29) is 0 Å². The fourth-order valence-electron chi connectivity index (χ4n) is 4.26. The van der Waals surface area contributed by atoms with Crippen molar-refractivity contribution in [3.05, 3.63) is 59.5 Å². The van der Waals surface area contributed by atoms with E-state index >= 15 is 0 Å². The zero-order valence-corrected chi connectivity index (χ0v) is 17.6. The summed E-state index contributed by atoms with van der Waals surface area (Å²) in [5.41, 5.74) is 1.38. The van der Waals surface area contributed by atoms with Crippen LogP contribution in [0.15, 0.2) is 59.0 Å². The summed E-state index contributed by atoms with van der Waals surface area (Å²) in [6.07, 6.45) is 15.0. The number of amidine groups is 1. The van der Waals surface area contributed by atoms with Crippen LogP contribution in [0.3, 0.4) is 0 Å². The summed E-state index contributed by atoms with van der Waals surface area (Å²) >= 11 is 1.92. The summed E-state index contributed by atoms with van der Waals surface area (Å²) in [6, 6.07) is 11.4. The minimum absolute atomic E-state index is 0.510. The molecule has 2 aliphatic rings. The third-order valence-electron chi connectivity index (χ3n) is 5.63. The molecule has 0 N–H and O–H groups in total. The van der Waals surface area contributed by atoms with E-state index in [1.54, 1.807) is 4.91 Å². The lowest BCUT2D eigenvalue weighted by atomic mass is 9.82. The van der Waals surface area contributed by atoms with Gasteiger partial charge in [0, 0.05) is 11.4 Å². The van der Waals surface area contributed by atoms with Crippen LogP contribution in [-0.4, -0.2) is 22.7 Å². The Kier molecular flexibility index (Phi) is 8.07. The van der Waals surface area contributed by atoms with E-state index in [1.165, 1.54) is 62.1 Å². The number of nitrogens with zero attached hydrogens (tertiary/aromatic N) is 2. The summed E-state index contributed by atoms with van der Waals surface area (Å²) in [6.45, 7) is 7.80. The Morgan fingerprint density at radius 1 is 1.19 bits per heavy atom. The maximum absolute atomic E-state index is 4.89. The lowest BCUT2D eigenvalue weighted by Gasteiger charge is -2.35. The Bertz CT molecular complexity index is 644. The van der Waals surface area contributed by atoms with Crippen molar-refractivity contribution in [2.75, 3.05) is 6.54 Å². The second kappa shape index (κ2) is 10.8. The van der Waals surface area contributed by atoms with Crippen molar-refractivity contribution >= 4 is 16.9 Å². The van der Waals surface area contributed by atoms with Gasteiger partial charge in [-0.2, -0.15) is 0 Å². The Hall–Kier alpha value is -1.48. The largest absolute Gasteiger partial charge is 0.339 e. The third-order valence-corrected chi connectivity index (χ3v) is 6.82. The van der Waals surface area contributed by atoms with E-state index < -0.39 is 0 Å². The van der Waals surface area contributed by atoms with E-state index in [9.17, 15) is 0 Å². The topological polar surface area (TPSA) is 15.6 Å². The molecule has 1 saturated heterocycles. The molecular formula is C24H34N2S. The second-order valence-corrected chi connectivity index (χ2v) is 8.76. The molecule has 1 atom stereocenters. The Labute approximate surface area is 169 Å². The number of unbranched alkanes of at least 4 members (excludes halogenated alkanes) is 2. The minimum atomic E-state index is 0.510. The maximum atomic E-state index is 4.89. The molecular weight excluding hydrogens is 348 g/mol. The molecule has 3 rings (SSSR count). The Morgan fingerprint density at radius 2 is 1.96 bits per heavy atom. The molecule has 1 unspecified atom stereocenters. The van der Waals surface area contributed by atoms with Gasteiger partial charge in [-0.25, -0.2) is 0 Å². The summed E-state index contributed by atoms with van der Waals surface area (Å²) < 4.78 is 0. The van der Waals surface area contributed by atoms with Crippen LogP contribution in [0.2, 0.25) is 0 Å². The van der Waals surface area contributed by atoms with Crippen LogP contribution in [0, 0.1) is 5.92 Å². The van der Waals surface area contributed by atoms with Crippen molar-refractivity contribution < 1.29 is 0 Å². The summed E-state index contributed by atoms with van der Waals surface area (Å²) in [7, 11) is 0. The number of hydrogen-bond donors (Lipinski definition) is 0. The molecule has 146 valence electrons. The molecule has 0 spiro atoms. The molecule has 0 radical (unpaired) electrons. The number of allylic oxidation sites excluding steroid dienone is 1. The van der Waals surface area contributed by atoms with Crippen molar-refractivity contribution in [1.29, 1.82) is 0 Å². The van der Waals surface area contributed by atoms with Gasteiger partial charge in [-0.3, -0.25) is 4.99 Å². The van der Waals surface area contributed by atoms with Crippen LogP contribution in [0.5, 0.6) is 0 Å². The monoisotopic (exact) mass is 382 g/mol. The quantitative estimate of drug-likeness (QED) is 0.363. The highest BCUT2D eigenvalue weighted by Gasteiger charge is 2.39. The predicted molar refractivity (Wildman–Crippen MR) is 120 cm³/mol. The Morgan fingerprint density at radius 3 is 2.67 bits per heavy atom. The molecule has 1 saturated carbocycles. The van der Waals surface area contributed by atoms with Gasteiger partial charge in [0.25, 0.3) is 0 Å². The number of hydrogen-bond acceptors (Lipinski definition) is 2. The van der Waals surface area contributed by atoms with Crippen LogP contribution < -0.4 is 0 Å². The van der Waals surface area contributed by atoms with Crippen molar-refractivity contribution in [1.82, 2.24) is 4.90 Å². The molecule has 2 nitrogen and oxygen atoms in total. The van der Waals surface area contributed by atoms with Crippen LogP contribution in [0.1, 0.15) is 63.9 Å². The second-order valence-electron chi connectivity index (χ2n) is 7.72. The lowest BCUT2D eigenvalue weighted by Crippen LogP contribution is -2.39. The van der Waals surface area contributed by atoms with Crippen LogP contribution in [-0.2, 0) is 6.54 Å². The smallest absolute Gasteiger partial charge is 0.165 e. The van der Waals surface area contributed by atoms with Gasteiger partial charge in [-0.1, -0.05) is 93.3 Å². The standard InChI is InChI=1S/C24H34N2S/c1-3-5-8-17-22-23(21-15-11-7-12-16-21)26(24(27-22)25-18-4-2)19-20-13-9-6-10-14-20/h4,6,9-10,13-14,17,21,23H,2-3,5,7-8,11-12,15-16,18-19H2,1H3/b22-17+,25-24?. The highest BCUT2D eigenvalue weighted by molar-refractivity contribution is 8.17. The fourth-order valence-corrected chi connectivity index (χ4v) is 5.54. The maximum Gasteiger partial charge on any atom is 0.165 e. The molecule has 1 aromatic rings. The SMILES string of the molecule is C=CCN=C1S/C(=C/CCCC)C(C2CCCCC2)N1Cc1ccccc1. The predicted octanol–water partition coefficient (Wildman–Crippen LogP) is 6.80.